The van der Waals surface area contributed by atoms with Crippen LogP contribution in [0.15, 0.2) is 54.7 Å². The second-order valence-electron chi connectivity index (χ2n) is 8.84. The smallest absolute Gasteiger partial charge is 0.256 e. The molecule has 0 radical (unpaired) electrons. The van der Waals surface area contributed by atoms with Crippen LogP contribution >= 0.6 is 0 Å². The predicted octanol–water partition coefficient (Wildman–Crippen LogP) is 4.89. The normalized spacial score (nSPS) is 16.4. The van der Waals surface area contributed by atoms with Crippen molar-refractivity contribution in [3.63, 3.8) is 0 Å². The number of ether oxygens (including phenoxy) is 1. The van der Waals surface area contributed by atoms with Crippen LogP contribution in [0, 0.1) is 6.92 Å². The van der Waals surface area contributed by atoms with E-state index >= 15 is 0 Å². The van der Waals surface area contributed by atoms with Gasteiger partial charge in [-0.25, -0.2) is 9.97 Å². The maximum atomic E-state index is 12.4. The Bertz CT molecular complexity index is 1110. The van der Waals surface area contributed by atoms with Crippen LogP contribution in [0.25, 0.3) is 11.1 Å². The molecule has 2 aromatic carbocycles. The number of likely N-dealkylation sites (tertiary alicyclic amines) is 1. The summed E-state index contributed by atoms with van der Waals surface area (Å²) in [7, 11) is 5.19. The fourth-order valence-electron chi connectivity index (χ4n) is 4.41. The molecule has 0 saturated carbocycles. The molecular weight excluding hydrogens is 412 g/mol. The predicted molar refractivity (Wildman–Crippen MR) is 130 cm³/mol. The first kappa shape index (κ1) is 22.9. The molecule has 3 aromatic rings. The maximum absolute atomic E-state index is 12.4. The number of methoxy groups -OCH3 is 1. The minimum absolute atomic E-state index is 0.0596. The standard InChI is InChI=1S/C27H32N4O2/c1-19-24(27(32)30(2)3)17-28-26(29-19)25-10-5-6-15-31(25)18-20-11-13-21(14-12-20)22-8-7-9-23(16-22)33-4/h7-9,11-14,16-17,25H,5-6,10,15,18H2,1-4H3/t25-/m0/s1. The van der Waals surface area contributed by atoms with Crippen molar-refractivity contribution < 1.29 is 9.53 Å². The summed E-state index contributed by atoms with van der Waals surface area (Å²) >= 11 is 0. The Labute approximate surface area is 196 Å². The van der Waals surface area contributed by atoms with E-state index in [1.165, 1.54) is 17.5 Å². The molecule has 6 nitrogen and oxygen atoms in total. The molecule has 4 rings (SSSR count). The molecule has 2 heterocycles. The lowest BCUT2D eigenvalue weighted by atomic mass is 9.99. The van der Waals surface area contributed by atoms with Crippen LogP contribution in [-0.4, -0.2) is 53.4 Å². The molecule has 1 aliphatic heterocycles. The van der Waals surface area contributed by atoms with Crippen LogP contribution < -0.4 is 4.74 Å². The number of hydrogen-bond donors (Lipinski definition) is 0. The first-order chi connectivity index (χ1) is 16.0. The average molecular weight is 445 g/mol. The molecule has 1 amide bonds. The Morgan fingerprint density at radius 2 is 1.91 bits per heavy atom. The van der Waals surface area contributed by atoms with E-state index < -0.39 is 0 Å². The summed E-state index contributed by atoms with van der Waals surface area (Å²) in [5.74, 6) is 1.62. The number of aryl methyl sites for hydroxylation is 1. The van der Waals surface area contributed by atoms with Crippen molar-refractivity contribution in [3.8, 4) is 16.9 Å². The summed E-state index contributed by atoms with van der Waals surface area (Å²) in [5, 5.41) is 0. The number of carbonyl (C=O) groups is 1. The van der Waals surface area contributed by atoms with E-state index in [-0.39, 0.29) is 11.9 Å². The fraction of sp³-hybridized carbons (Fsp3) is 0.370. The van der Waals surface area contributed by atoms with Crippen molar-refractivity contribution in [2.75, 3.05) is 27.7 Å². The summed E-state index contributed by atoms with van der Waals surface area (Å²) in [4.78, 5) is 25.7. The van der Waals surface area contributed by atoms with Gasteiger partial charge in [0.1, 0.15) is 11.6 Å². The molecule has 0 N–H and O–H groups in total. The van der Waals surface area contributed by atoms with E-state index in [1.807, 2.05) is 19.1 Å². The van der Waals surface area contributed by atoms with Crippen molar-refractivity contribution in [2.24, 2.45) is 0 Å². The molecule has 172 valence electrons. The summed E-state index contributed by atoms with van der Waals surface area (Å²) in [6.07, 6.45) is 5.06. The third kappa shape index (κ3) is 5.22. The van der Waals surface area contributed by atoms with Crippen molar-refractivity contribution in [3.05, 3.63) is 77.4 Å². The second-order valence-corrected chi connectivity index (χ2v) is 8.84. The van der Waals surface area contributed by atoms with E-state index in [9.17, 15) is 4.79 Å². The van der Waals surface area contributed by atoms with Crippen molar-refractivity contribution in [1.29, 1.82) is 0 Å². The summed E-state index contributed by atoms with van der Waals surface area (Å²) in [6.45, 7) is 3.76. The topological polar surface area (TPSA) is 58.6 Å². The molecule has 33 heavy (non-hydrogen) atoms. The van der Waals surface area contributed by atoms with E-state index in [1.54, 1.807) is 32.3 Å². The van der Waals surface area contributed by atoms with Gasteiger partial charge in [-0.15, -0.1) is 0 Å². The minimum Gasteiger partial charge on any atom is -0.497 e. The van der Waals surface area contributed by atoms with Gasteiger partial charge in [0.2, 0.25) is 0 Å². The van der Waals surface area contributed by atoms with Crippen LogP contribution in [0.1, 0.15) is 52.7 Å². The quantitative estimate of drug-likeness (QED) is 0.542. The highest BCUT2D eigenvalue weighted by molar-refractivity contribution is 5.94. The Balaban J connectivity index is 1.51. The number of hydrogen-bond acceptors (Lipinski definition) is 5. The largest absolute Gasteiger partial charge is 0.497 e. The molecule has 1 fully saturated rings. The average Bonchev–Trinajstić information content (AvgIpc) is 2.84. The van der Waals surface area contributed by atoms with Crippen LogP contribution in [0.5, 0.6) is 5.75 Å². The fourth-order valence-corrected chi connectivity index (χ4v) is 4.41. The van der Waals surface area contributed by atoms with Crippen LogP contribution in [-0.2, 0) is 6.54 Å². The van der Waals surface area contributed by atoms with Crippen molar-refractivity contribution >= 4 is 5.91 Å². The maximum Gasteiger partial charge on any atom is 0.256 e. The van der Waals surface area contributed by atoms with E-state index in [2.05, 4.69) is 46.3 Å². The third-order valence-corrected chi connectivity index (χ3v) is 6.29. The zero-order valence-corrected chi connectivity index (χ0v) is 19.9. The highest BCUT2D eigenvalue weighted by Crippen LogP contribution is 2.31. The number of amides is 1. The lowest BCUT2D eigenvalue weighted by molar-refractivity contribution is 0.0825. The lowest BCUT2D eigenvalue weighted by Crippen LogP contribution is -2.34. The Morgan fingerprint density at radius 1 is 1.12 bits per heavy atom. The zero-order chi connectivity index (χ0) is 23.4. The summed E-state index contributed by atoms with van der Waals surface area (Å²) in [6, 6.07) is 17.0. The Kier molecular flexibility index (Phi) is 7.04. The van der Waals surface area contributed by atoms with Gasteiger partial charge in [-0.2, -0.15) is 0 Å². The molecule has 6 heteroatoms. The number of benzene rings is 2. The Morgan fingerprint density at radius 3 is 2.61 bits per heavy atom. The SMILES string of the molecule is COc1cccc(-c2ccc(CN3CCCC[C@H]3c3ncc(C(=O)N(C)C)c(C)n3)cc2)c1. The monoisotopic (exact) mass is 444 g/mol. The first-order valence-electron chi connectivity index (χ1n) is 11.5. The van der Waals surface area contributed by atoms with Gasteiger partial charge in [0.05, 0.1) is 24.4 Å². The molecule has 0 unspecified atom stereocenters. The first-order valence-corrected chi connectivity index (χ1v) is 11.5. The minimum atomic E-state index is -0.0596. The van der Waals surface area contributed by atoms with E-state index in [0.29, 0.717) is 5.56 Å². The molecule has 0 aliphatic carbocycles. The highest BCUT2D eigenvalue weighted by Gasteiger charge is 2.27. The number of carbonyl (C=O) groups excluding carboxylic acids is 1. The van der Waals surface area contributed by atoms with Gasteiger partial charge in [-0.05, 0) is 55.1 Å². The van der Waals surface area contributed by atoms with Gasteiger partial charge in [-0.3, -0.25) is 9.69 Å². The number of nitrogens with zero attached hydrogens (tertiary/aromatic N) is 4. The Hall–Kier alpha value is -3.25. The molecular formula is C27H32N4O2. The van der Waals surface area contributed by atoms with E-state index in [4.69, 9.17) is 9.72 Å². The second kappa shape index (κ2) is 10.1. The van der Waals surface area contributed by atoms with E-state index in [0.717, 1.165) is 48.8 Å². The van der Waals surface area contributed by atoms with Gasteiger partial charge < -0.3 is 9.64 Å². The summed E-state index contributed by atoms with van der Waals surface area (Å²) in [5.41, 5.74) is 4.90. The summed E-state index contributed by atoms with van der Waals surface area (Å²) < 4.78 is 5.36. The number of rotatable bonds is 6. The molecule has 1 aromatic heterocycles. The van der Waals surface area contributed by atoms with Crippen molar-refractivity contribution in [1.82, 2.24) is 19.8 Å². The lowest BCUT2D eigenvalue weighted by Gasteiger charge is -2.35. The van der Waals surface area contributed by atoms with Crippen LogP contribution in [0.3, 0.4) is 0 Å². The third-order valence-electron chi connectivity index (χ3n) is 6.29. The van der Waals surface area contributed by atoms with Gasteiger partial charge in [-0.1, -0.05) is 42.8 Å². The number of piperidine rings is 1. The zero-order valence-electron chi connectivity index (χ0n) is 19.9. The van der Waals surface area contributed by atoms with Crippen molar-refractivity contribution in [2.45, 2.75) is 38.8 Å². The van der Waals surface area contributed by atoms with Gasteiger partial charge in [0.15, 0.2) is 0 Å². The van der Waals surface area contributed by atoms with Gasteiger partial charge in [0.25, 0.3) is 5.91 Å². The molecule has 1 aliphatic rings. The number of aromatic nitrogens is 2. The highest BCUT2D eigenvalue weighted by atomic mass is 16.5. The van der Waals surface area contributed by atoms with Crippen LogP contribution in [0.2, 0.25) is 0 Å². The molecule has 1 atom stereocenters. The van der Waals surface area contributed by atoms with Crippen LogP contribution in [0.4, 0.5) is 0 Å². The van der Waals surface area contributed by atoms with Gasteiger partial charge >= 0.3 is 0 Å². The molecule has 0 bridgehead atoms. The molecule has 1 saturated heterocycles. The van der Waals surface area contributed by atoms with Gasteiger partial charge in [0, 0.05) is 26.8 Å². The molecule has 0 spiro atoms.